The van der Waals surface area contributed by atoms with Gasteiger partial charge in [-0.15, -0.1) is 0 Å². The zero-order chi connectivity index (χ0) is 27.0. The molecular weight excluding hydrogens is 558 g/mol. The molecule has 0 bridgehead atoms. The topological polar surface area (TPSA) is 96.0 Å². The zero-order valence-corrected chi connectivity index (χ0v) is 23.3. The molecule has 3 aromatic carbocycles. The first-order valence-electron chi connectivity index (χ1n) is 11.7. The van der Waals surface area contributed by atoms with E-state index in [0.29, 0.717) is 18.0 Å². The molecule has 0 aliphatic rings. The lowest BCUT2D eigenvalue weighted by Gasteiger charge is -2.31. The summed E-state index contributed by atoms with van der Waals surface area (Å²) in [4.78, 5) is 27.7. The van der Waals surface area contributed by atoms with E-state index >= 15 is 0 Å². The molecule has 8 nitrogen and oxygen atoms in total. The second-order valence-electron chi connectivity index (χ2n) is 8.19. The molecule has 0 spiro atoms. The maximum absolute atomic E-state index is 13.7. The van der Waals surface area contributed by atoms with Crippen molar-refractivity contribution < 1.29 is 22.7 Å². The smallest absolute Gasteiger partial charge is 0.264 e. The van der Waals surface area contributed by atoms with Gasteiger partial charge in [0, 0.05) is 18.1 Å². The highest BCUT2D eigenvalue weighted by atomic mass is 79.9. The number of hydrogen-bond donors (Lipinski definition) is 1. The Hall–Kier alpha value is -3.37. The summed E-state index contributed by atoms with van der Waals surface area (Å²) >= 11 is 3.43. The van der Waals surface area contributed by atoms with E-state index in [-0.39, 0.29) is 17.3 Å². The second-order valence-corrected chi connectivity index (χ2v) is 11.0. The molecule has 1 atom stereocenters. The third-order valence-electron chi connectivity index (χ3n) is 5.70. The minimum absolute atomic E-state index is 0.0505. The lowest BCUT2D eigenvalue weighted by molar-refractivity contribution is -0.139. The minimum Gasteiger partial charge on any atom is -0.494 e. The molecule has 1 N–H and O–H groups in total. The number of carbonyl (C=O) groups excluding carboxylic acids is 2. The van der Waals surface area contributed by atoms with Gasteiger partial charge in [-0.25, -0.2) is 8.42 Å². The predicted molar refractivity (Wildman–Crippen MR) is 147 cm³/mol. The summed E-state index contributed by atoms with van der Waals surface area (Å²) < 4.78 is 34.8. The number of rotatable bonds is 11. The number of nitrogens with one attached hydrogen (secondary N) is 1. The average Bonchev–Trinajstić information content (AvgIpc) is 2.90. The van der Waals surface area contributed by atoms with Gasteiger partial charge in [0.15, 0.2) is 0 Å². The second kappa shape index (κ2) is 12.7. The summed E-state index contributed by atoms with van der Waals surface area (Å²) in [7, 11) is -2.61. The van der Waals surface area contributed by atoms with Crippen molar-refractivity contribution in [3.8, 4) is 5.75 Å². The highest BCUT2D eigenvalue weighted by Crippen LogP contribution is 2.26. The molecule has 0 aromatic heterocycles. The van der Waals surface area contributed by atoms with Crippen LogP contribution in [-0.4, -0.2) is 51.4 Å². The number of ether oxygens (including phenoxy) is 1. The third kappa shape index (κ3) is 7.11. The van der Waals surface area contributed by atoms with Gasteiger partial charge in [-0.2, -0.15) is 0 Å². The summed E-state index contributed by atoms with van der Waals surface area (Å²) in [6.45, 7) is 3.55. The monoisotopic (exact) mass is 587 g/mol. The van der Waals surface area contributed by atoms with Crippen LogP contribution in [0.2, 0.25) is 0 Å². The molecule has 3 rings (SSSR count). The molecule has 0 aliphatic carbocycles. The van der Waals surface area contributed by atoms with Gasteiger partial charge in [-0.3, -0.25) is 13.9 Å². The Morgan fingerprint density at radius 1 is 1.00 bits per heavy atom. The predicted octanol–water partition coefficient (Wildman–Crippen LogP) is 4.21. The lowest BCUT2D eigenvalue weighted by Crippen LogP contribution is -2.50. The highest BCUT2D eigenvalue weighted by Gasteiger charge is 2.32. The summed E-state index contributed by atoms with van der Waals surface area (Å²) in [6.07, 6.45) is 0. The molecule has 0 saturated carbocycles. The van der Waals surface area contributed by atoms with Crippen molar-refractivity contribution in [3.63, 3.8) is 0 Å². The number of likely N-dealkylation sites (N-methyl/N-ethyl adjacent to an activating group) is 1. The molecule has 0 aliphatic heterocycles. The molecule has 0 radical (unpaired) electrons. The van der Waals surface area contributed by atoms with Crippen LogP contribution in [0.25, 0.3) is 0 Å². The number of carbonyl (C=O) groups is 2. The van der Waals surface area contributed by atoms with Gasteiger partial charge in [-0.1, -0.05) is 46.3 Å². The van der Waals surface area contributed by atoms with Gasteiger partial charge in [0.05, 0.1) is 17.2 Å². The van der Waals surface area contributed by atoms with Crippen molar-refractivity contribution in [2.75, 3.05) is 24.5 Å². The molecule has 3 aromatic rings. The first-order valence-corrected chi connectivity index (χ1v) is 14.0. The van der Waals surface area contributed by atoms with Crippen LogP contribution < -0.4 is 14.4 Å². The molecule has 0 heterocycles. The molecule has 0 saturated heterocycles. The van der Waals surface area contributed by atoms with Crippen LogP contribution in [0.5, 0.6) is 5.75 Å². The molecule has 10 heteroatoms. The summed E-state index contributed by atoms with van der Waals surface area (Å²) in [5.41, 5.74) is 1.09. The summed E-state index contributed by atoms with van der Waals surface area (Å²) in [5.74, 6) is -0.300. The van der Waals surface area contributed by atoms with E-state index in [1.54, 1.807) is 49.4 Å². The lowest BCUT2D eigenvalue weighted by atomic mass is 10.1. The van der Waals surface area contributed by atoms with Crippen LogP contribution in [0.3, 0.4) is 0 Å². The van der Waals surface area contributed by atoms with Gasteiger partial charge in [0.2, 0.25) is 11.8 Å². The Balaban J connectivity index is 2.01. The standard InChI is InChI=1S/C27H30BrN3O5S/c1-4-36-24-15-13-23(14-16-24)31(37(34,35)25-11-6-5-7-12-25)19-26(32)30(20(2)27(33)29-3)18-21-9-8-10-22(28)17-21/h5-17,20H,4,18-19H2,1-3H3,(H,29,33)/t20-/m1/s1. The van der Waals surface area contributed by atoms with Crippen molar-refractivity contribution in [1.29, 1.82) is 0 Å². The maximum Gasteiger partial charge on any atom is 0.264 e. The van der Waals surface area contributed by atoms with Crippen molar-refractivity contribution in [2.45, 2.75) is 31.3 Å². The average molecular weight is 589 g/mol. The summed E-state index contributed by atoms with van der Waals surface area (Å²) in [6, 6.07) is 21.0. The normalized spacial score (nSPS) is 11.9. The van der Waals surface area contributed by atoms with Gasteiger partial charge in [-0.05, 0) is 67.9 Å². The van der Waals surface area contributed by atoms with Crippen molar-refractivity contribution in [2.24, 2.45) is 0 Å². The number of halogens is 1. The first-order chi connectivity index (χ1) is 17.7. The largest absolute Gasteiger partial charge is 0.494 e. The number of amides is 2. The van der Waals surface area contributed by atoms with Crippen LogP contribution in [-0.2, 0) is 26.2 Å². The van der Waals surface area contributed by atoms with Crippen molar-refractivity contribution in [1.82, 2.24) is 10.2 Å². The fourth-order valence-corrected chi connectivity index (χ4v) is 5.63. The Morgan fingerprint density at radius 2 is 1.68 bits per heavy atom. The molecule has 2 amide bonds. The molecule has 37 heavy (non-hydrogen) atoms. The zero-order valence-electron chi connectivity index (χ0n) is 20.9. The van der Waals surface area contributed by atoms with E-state index in [2.05, 4.69) is 21.2 Å². The van der Waals surface area contributed by atoms with E-state index in [0.717, 1.165) is 14.3 Å². The number of sulfonamides is 1. The number of hydrogen-bond acceptors (Lipinski definition) is 5. The number of anilines is 1. The van der Waals surface area contributed by atoms with Crippen molar-refractivity contribution >= 4 is 43.5 Å². The summed E-state index contributed by atoms with van der Waals surface area (Å²) in [5, 5.41) is 2.57. The van der Waals surface area contributed by atoms with E-state index in [1.165, 1.54) is 24.1 Å². The van der Waals surface area contributed by atoms with E-state index in [4.69, 9.17) is 4.74 Å². The van der Waals surface area contributed by atoms with E-state index in [9.17, 15) is 18.0 Å². The molecular formula is C27H30BrN3O5S. The number of nitrogens with zero attached hydrogens (tertiary/aromatic N) is 2. The van der Waals surface area contributed by atoms with Gasteiger partial charge >= 0.3 is 0 Å². The highest BCUT2D eigenvalue weighted by molar-refractivity contribution is 9.10. The van der Waals surface area contributed by atoms with Gasteiger partial charge in [0.25, 0.3) is 10.0 Å². The quantitative estimate of drug-likeness (QED) is 0.362. The van der Waals surface area contributed by atoms with Gasteiger partial charge in [0.1, 0.15) is 18.3 Å². The molecule has 196 valence electrons. The minimum atomic E-state index is -4.10. The number of benzene rings is 3. The Bertz CT molecular complexity index is 1320. The Kier molecular flexibility index (Phi) is 9.71. The van der Waals surface area contributed by atoms with Crippen LogP contribution in [0.1, 0.15) is 19.4 Å². The molecule has 0 unspecified atom stereocenters. The Labute approximate surface area is 226 Å². The van der Waals surface area contributed by atoms with Crippen LogP contribution in [0.4, 0.5) is 5.69 Å². The van der Waals surface area contributed by atoms with Crippen LogP contribution in [0.15, 0.2) is 88.2 Å². The van der Waals surface area contributed by atoms with Gasteiger partial charge < -0.3 is 15.0 Å². The Morgan fingerprint density at radius 3 is 2.27 bits per heavy atom. The van der Waals surface area contributed by atoms with E-state index in [1.807, 2.05) is 31.2 Å². The fraction of sp³-hybridized carbons (Fsp3) is 0.259. The third-order valence-corrected chi connectivity index (χ3v) is 7.98. The van der Waals surface area contributed by atoms with Crippen molar-refractivity contribution in [3.05, 3.63) is 88.9 Å². The SMILES string of the molecule is CCOc1ccc(N(CC(=O)N(Cc2cccc(Br)c2)[C@H](C)C(=O)NC)S(=O)(=O)c2ccccc2)cc1. The van der Waals surface area contributed by atoms with E-state index < -0.39 is 28.5 Å². The van der Waals surface area contributed by atoms with Crippen LogP contribution in [0, 0.1) is 0 Å². The maximum atomic E-state index is 13.7. The first kappa shape index (κ1) is 28.2. The fourth-order valence-electron chi connectivity index (χ4n) is 3.75. The molecule has 0 fully saturated rings. The van der Waals surface area contributed by atoms with Crippen LogP contribution >= 0.6 is 15.9 Å².